The number of methoxy groups -OCH3 is 1. The van der Waals surface area contributed by atoms with Crippen LogP contribution in [0.1, 0.15) is 13.3 Å². The molecule has 0 bridgehead atoms. The highest BCUT2D eigenvalue weighted by Gasteiger charge is 2.22. The molecule has 0 aromatic rings. The van der Waals surface area contributed by atoms with Gasteiger partial charge in [-0.2, -0.15) is 0 Å². The minimum absolute atomic E-state index is 0.273. The van der Waals surface area contributed by atoms with Crippen LogP contribution in [-0.4, -0.2) is 37.5 Å². The van der Waals surface area contributed by atoms with E-state index in [1.54, 1.807) is 11.8 Å². The molecule has 4 heteroatoms. The zero-order chi connectivity index (χ0) is 8.27. The van der Waals surface area contributed by atoms with Crippen LogP contribution in [-0.2, 0) is 9.47 Å². The fourth-order valence-electron chi connectivity index (χ4n) is 0.763. The van der Waals surface area contributed by atoms with Gasteiger partial charge in [-0.15, -0.1) is 0 Å². The number of nitrogens with zero attached hydrogens (tertiary/aromatic N) is 1. The van der Waals surface area contributed by atoms with Gasteiger partial charge in [0.25, 0.3) is 0 Å². The van der Waals surface area contributed by atoms with E-state index in [2.05, 4.69) is 0 Å². The van der Waals surface area contributed by atoms with E-state index in [-0.39, 0.29) is 6.09 Å². The van der Waals surface area contributed by atoms with E-state index in [0.29, 0.717) is 0 Å². The Bertz CT molecular complexity index is 145. The van der Waals surface area contributed by atoms with Gasteiger partial charge in [0.1, 0.15) is 0 Å². The molecule has 1 saturated heterocycles. The molecule has 0 spiro atoms. The predicted molar refractivity (Wildman–Crippen MR) is 39.1 cm³/mol. The van der Waals surface area contributed by atoms with Gasteiger partial charge in [-0.05, 0) is 13.3 Å². The van der Waals surface area contributed by atoms with E-state index < -0.39 is 6.29 Å². The van der Waals surface area contributed by atoms with Crippen molar-refractivity contribution in [3.63, 3.8) is 0 Å². The lowest BCUT2D eigenvalue weighted by Gasteiger charge is -2.30. The number of likely N-dealkylation sites (tertiary alicyclic amines) is 1. The molecule has 0 N–H and O–H groups in total. The number of hydrogen-bond donors (Lipinski definition) is 0. The summed E-state index contributed by atoms with van der Waals surface area (Å²) in [7, 11) is 1.51. The maximum absolute atomic E-state index is 11.0. The Hall–Kier alpha value is -0.770. The third-order valence-corrected chi connectivity index (χ3v) is 1.71. The van der Waals surface area contributed by atoms with Gasteiger partial charge in [-0.1, -0.05) is 0 Å². The minimum atomic E-state index is -0.442. The number of carbonyl (C=O) groups is 1. The van der Waals surface area contributed by atoms with Crippen molar-refractivity contribution in [3.8, 4) is 0 Å². The SMILES string of the molecule is COC(C)OC(=O)N1CCC1. The smallest absolute Gasteiger partial charge is 0.412 e. The Kier molecular flexibility index (Phi) is 2.70. The van der Waals surface area contributed by atoms with Crippen LogP contribution in [0.2, 0.25) is 0 Å². The van der Waals surface area contributed by atoms with Crippen molar-refractivity contribution in [2.24, 2.45) is 0 Å². The van der Waals surface area contributed by atoms with Crippen molar-refractivity contribution in [1.29, 1.82) is 0 Å². The second kappa shape index (κ2) is 3.57. The molecular weight excluding hydrogens is 146 g/mol. The number of amides is 1. The van der Waals surface area contributed by atoms with Gasteiger partial charge in [0.2, 0.25) is 6.29 Å². The van der Waals surface area contributed by atoms with E-state index in [4.69, 9.17) is 9.47 Å². The molecule has 1 unspecified atom stereocenters. The van der Waals surface area contributed by atoms with Gasteiger partial charge in [0.15, 0.2) is 0 Å². The van der Waals surface area contributed by atoms with Gasteiger partial charge in [0, 0.05) is 20.2 Å². The highest BCUT2D eigenvalue weighted by atomic mass is 16.7. The molecule has 1 rings (SSSR count). The molecule has 0 saturated carbocycles. The van der Waals surface area contributed by atoms with E-state index >= 15 is 0 Å². The van der Waals surface area contributed by atoms with Crippen LogP contribution in [0.3, 0.4) is 0 Å². The summed E-state index contributed by atoms with van der Waals surface area (Å²) in [6, 6.07) is 0. The molecule has 4 nitrogen and oxygen atoms in total. The molecule has 1 heterocycles. The van der Waals surface area contributed by atoms with Crippen molar-refractivity contribution in [1.82, 2.24) is 4.90 Å². The first-order valence-electron chi connectivity index (χ1n) is 3.72. The largest absolute Gasteiger partial charge is 0.420 e. The molecule has 0 aromatic heterocycles. The lowest BCUT2D eigenvalue weighted by Crippen LogP contribution is -2.43. The van der Waals surface area contributed by atoms with Crippen LogP contribution in [0, 0.1) is 0 Å². The zero-order valence-electron chi connectivity index (χ0n) is 6.87. The fourth-order valence-corrected chi connectivity index (χ4v) is 0.763. The summed E-state index contributed by atoms with van der Waals surface area (Å²) in [5.74, 6) is 0. The number of hydrogen-bond acceptors (Lipinski definition) is 3. The molecule has 0 aliphatic carbocycles. The van der Waals surface area contributed by atoms with E-state index in [1.165, 1.54) is 7.11 Å². The second-order valence-electron chi connectivity index (χ2n) is 2.53. The quantitative estimate of drug-likeness (QED) is 0.560. The topological polar surface area (TPSA) is 38.8 Å². The molecule has 1 atom stereocenters. The second-order valence-corrected chi connectivity index (χ2v) is 2.53. The van der Waals surface area contributed by atoms with Gasteiger partial charge < -0.3 is 14.4 Å². The molecule has 11 heavy (non-hydrogen) atoms. The van der Waals surface area contributed by atoms with Crippen LogP contribution in [0.5, 0.6) is 0 Å². The summed E-state index contributed by atoms with van der Waals surface area (Å²) in [6.45, 7) is 3.32. The predicted octanol–water partition coefficient (Wildman–Crippen LogP) is 0.821. The average molecular weight is 159 g/mol. The lowest BCUT2D eigenvalue weighted by molar-refractivity contribution is -0.0817. The Morgan fingerprint density at radius 1 is 1.55 bits per heavy atom. The molecule has 1 aliphatic rings. The van der Waals surface area contributed by atoms with Crippen molar-refractivity contribution < 1.29 is 14.3 Å². The van der Waals surface area contributed by atoms with Gasteiger partial charge >= 0.3 is 6.09 Å². The Balaban J connectivity index is 2.19. The zero-order valence-corrected chi connectivity index (χ0v) is 6.87. The summed E-state index contributed by atoms with van der Waals surface area (Å²) in [5, 5.41) is 0. The number of ether oxygens (including phenoxy) is 2. The van der Waals surface area contributed by atoms with Crippen molar-refractivity contribution in [2.45, 2.75) is 19.6 Å². The number of rotatable bonds is 2. The summed E-state index contributed by atoms with van der Waals surface area (Å²) in [4.78, 5) is 12.7. The van der Waals surface area contributed by atoms with E-state index in [0.717, 1.165) is 19.5 Å². The van der Waals surface area contributed by atoms with Crippen molar-refractivity contribution in [2.75, 3.05) is 20.2 Å². The van der Waals surface area contributed by atoms with Crippen LogP contribution >= 0.6 is 0 Å². The molecule has 0 radical (unpaired) electrons. The van der Waals surface area contributed by atoms with Crippen molar-refractivity contribution in [3.05, 3.63) is 0 Å². The monoisotopic (exact) mass is 159 g/mol. The summed E-state index contributed by atoms with van der Waals surface area (Å²) >= 11 is 0. The molecule has 64 valence electrons. The maximum atomic E-state index is 11.0. The van der Waals surface area contributed by atoms with Crippen LogP contribution in [0.15, 0.2) is 0 Å². The minimum Gasteiger partial charge on any atom is -0.420 e. The first-order valence-corrected chi connectivity index (χ1v) is 3.72. The fraction of sp³-hybridized carbons (Fsp3) is 0.857. The van der Waals surface area contributed by atoms with E-state index in [1.807, 2.05) is 0 Å². The Labute approximate surface area is 66.1 Å². The Morgan fingerprint density at radius 3 is 2.55 bits per heavy atom. The lowest BCUT2D eigenvalue weighted by atomic mass is 10.2. The van der Waals surface area contributed by atoms with Gasteiger partial charge in [-0.25, -0.2) is 4.79 Å². The first kappa shape index (κ1) is 8.33. The molecule has 1 aliphatic heterocycles. The highest BCUT2D eigenvalue weighted by Crippen LogP contribution is 2.08. The first-order chi connectivity index (χ1) is 5.24. The summed E-state index contributed by atoms with van der Waals surface area (Å²) in [5.41, 5.74) is 0. The third-order valence-electron chi connectivity index (χ3n) is 1.71. The number of carbonyl (C=O) groups excluding carboxylic acids is 1. The van der Waals surface area contributed by atoms with Crippen LogP contribution < -0.4 is 0 Å². The molecule has 1 amide bonds. The normalized spacial score (nSPS) is 18.9. The molecule has 0 aromatic carbocycles. The Morgan fingerprint density at radius 2 is 2.18 bits per heavy atom. The van der Waals surface area contributed by atoms with Gasteiger partial charge in [-0.3, -0.25) is 0 Å². The maximum Gasteiger partial charge on any atom is 0.412 e. The third kappa shape index (κ3) is 2.08. The van der Waals surface area contributed by atoms with Crippen molar-refractivity contribution >= 4 is 6.09 Å². The molecule has 1 fully saturated rings. The van der Waals surface area contributed by atoms with E-state index in [9.17, 15) is 4.79 Å². The molecular formula is C7H13NO3. The van der Waals surface area contributed by atoms with Crippen LogP contribution in [0.4, 0.5) is 4.79 Å². The highest BCUT2D eigenvalue weighted by molar-refractivity contribution is 5.68. The van der Waals surface area contributed by atoms with Gasteiger partial charge in [0.05, 0.1) is 0 Å². The standard InChI is InChI=1S/C7H13NO3/c1-6(10-2)11-7(9)8-4-3-5-8/h6H,3-5H2,1-2H3. The van der Waals surface area contributed by atoms with Crippen LogP contribution in [0.25, 0.3) is 0 Å². The summed E-state index contributed by atoms with van der Waals surface area (Å²) in [6.07, 6.45) is 0.366. The average Bonchev–Trinajstić information content (AvgIpc) is 1.83. The summed E-state index contributed by atoms with van der Waals surface area (Å²) < 4.78 is 9.64.